The van der Waals surface area contributed by atoms with Gasteiger partial charge in [-0.05, 0) is 42.4 Å². The highest BCUT2D eigenvalue weighted by Crippen LogP contribution is 2.21. The minimum absolute atomic E-state index is 0.678. The van der Waals surface area contributed by atoms with Crippen molar-refractivity contribution in [2.75, 3.05) is 24.6 Å². The maximum Gasteiger partial charge on any atom is 0.00200 e. The standard InChI is InChI=1S/C16H27NS/c1-3-17-14-16(12-8-9-13-18-4-2)15-10-6-5-7-11-15/h5-7,10-11,16-17H,3-4,8-9,12-14H2,1-2H3. The van der Waals surface area contributed by atoms with Crippen LogP contribution in [0.5, 0.6) is 0 Å². The zero-order chi connectivity index (χ0) is 13.1. The molecule has 0 aromatic heterocycles. The molecule has 1 nitrogen and oxygen atoms in total. The predicted octanol–water partition coefficient (Wildman–Crippen LogP) is 4.30. The highest BCUT2D eigenvalue weighted by atomic mass is 32.2. The molecule has 0 saturated heterocycles. The highest BCUT2D eigenvalue weighted by Gasteiger charge is 2.09. The summed E-state index contributed by atoms with van der Waals surface area (Å²) in [6.07, 6.45) is 4.01. The van der Waals surface area contributed by atoms with Crippen LogP contribution < -0.4 is 5.32 Å². The van der Waals surface area contributed by atoms with E-state index in [2.05, 4.69) is 61.3 Å². The van der Waals surface area contributed by atoms with Gasteiger partial charge in [-0.15, -0.1) is 0 Å². The molecule has 2 heteroatoms. The second-order valence-electron chi connectivity index (χ2n) is 4.61. The van der Waals surface area contributed by atoms with Crippen molar-refractivity contribution in [1.29, 1.82) is 0 Å². The molecule has 1 aromatic carbocycles. The smallest absolute Gasteiger partial charge is 0.00200 e. The van der Waals surface area contributed by atoms with E-state index in [1.54, 1.807) is 0 Å². The first kappa shape index (κ1) is 15.6. The molecule has 0 radical (unpaired) electrons. The molecule has 0 aliphatic rings. The maximum atomic E-state index is 3.49. The zero-order valence-corrected chi connectivity index (χ0v) is 12.6. The lowest BCUT2D eigenvalue weighted by molar-refractivity contribution is 0.539. The minimum Gasteiger partial charge on any atom is -0.316 e. The van der Waals surface area contributed by atoms with Gasteiger partial charge in [0.25, 0.3) is 0 Å². The molecular formula is C16H27NS. The number of hydrogen-bond acceptors (Lipinski definition) is 2. The molecule has 1 aromatic rings. The summed E-state index contributed by atoms with van der Waals surface area (Å²) in [7, 11) is 0. The normalized spacial score (nSPS) is 12.6. The van der Waals surface area contributed by atoms with Gasteiger partial charge < -0.3 is 5.32 Å². The predicted molar refractivity (Wildman–Crippen MR) is 84.6 cm³/mol. The number of hydrogen-bond donors (Lipinski definition) is 1. The average molecular weight is 265 g/mol. The Labute approximate surface area is 117 Å². The van der Waals surface area contributed by atoms with E-state index in [0.29, 0.717) is 5.92 Å². The molecule has 0 bridgehead atoms. The molecule has 0 spiro atoms. The van der Waals surface area contributed by atoms with Crippen LogP contribution in [-0.2, 0) is 0 Å². The Bertz CT molecular complexity index is 286. The summed E-state index contributed by atoms with van der Waals surface area (Å²) in [5.41, 5.74) is 1.49. The Balaban J connectivity index is 2.36. The number of rotatable bonds is 10. The number of likely N-dealkylation sites (N-methyl/N-ethyl adjacent to an activating group) is 1. The van der Waals surface area contributed by atoms with Crippen molar-refractivity contribution >= 4 is 11.8 Å². The largest absolute Gasteiger partial charge is 0.316 e. The van der Waals surface area contributed by atoms with Gasteiger partial charge in [-0.2, -0.15) is 11.8 Å². The molecule has 0 aliphatic carbocycles. The first-order valence-electron chi connectivity index (χ1n) is 7.21. The van der Waals surface area contributed by atoms with Gasteiger partial charge in [0.05, 0.1) is 0 Å². The number of nitrogens with one attached hydrogen (secondary N) is 1. The van der Waals surface area contributed by atoms with Gasteiger partial charge >= 0.3 is 0 Å². The van der Waals surface area contributed by atoms with E-state index < -0.39 is 0 Å². The van der Waals surface area contributed by atoms with Crippen LogP contribution >= 0.6 is 11.8 Å². The van der Waals surface area contributed by atoms with Crippen LogP contribution in [-0.4, -0.2) is 24.6 Å². The molecule has 1 unspecified atom stereocenters. The van der Waals surface area contributed by atoms with Crippen molar-refractivity contribution in [2.45, 2.75) is 39.0 Å². The lowest BCUT2D eigenvalue weighted by Gasteiger charge is -2.17. The third-order valence-electron chi connectivity index (χ3n) is 3.21. The van der Waals surface area contributed by atoms with Gasteiger partial charge in [-0.3, -0.25) is 0 Å². The van der Waals surface area contributed by atoms with Gasteiger partial charge in [0.15, 0.2) is 0 Å². The molecule has 1 atom stereocenters. The second-order valence-corrected chi connectivity index (χ2v) is 6.00. The fourth-order valence-corrected chi connectivity index (χ4v) is 2.87. The number of thioether (sulfide) groups is 1. The van der Waals surface area contributed by atoms with Gasteiger partial charge in [0, 0.05) is 6.54 Å². The Morgan fingerprint density at radius 2 is 1.89 bits per heavy atom. The second kappa shape index (κ2) is 10.5. The summed E-state index contributed by atoms with van der Waals surface area (Å²) in [6.45, 7) is 6.60. The summed E-state index contributed by atoms with van der Waals surface area (Å²) >= 11 is 2.06. The van der Waals surface area contributed by atoms with Crippen LogP contribution in [0, 0.1) is 0 Å². The van der Waals surface area contributed by atoms with Crippen LogP contribution in [0.4, 0.5) is 0 Å². The van der Waals surface area contributed by atoms with E-state index in [-0.39, 0.29) is 0 Å². The van der Waals surface area contributed by atoms with E-state index in [1.807, 2.05) is 0 Å². The molecule has 102 valence electrons. The lowest BCUT2D eigenvalue weighted by atomic mass is 9.93. The molecule has 0 amide bonds. The SMILES string of the molecule is CCNCC(CCCCSCC)c1ccccc1. The quantitative estimate of drug-likeness (QED) is 0.633. The van der Waals surface area contributed by atoms with Gasteiger partial charge in [-0.1, -0.05) is 50.6 Å². The lowest BCUT2D eigenvalue weighted by Crippen LogP contribution is -2.21. The topological polar surface area (TPSA) is 12.0 Å². The van der Waals surface area contributed by atoms with Crippen LogP contribution in [0.2, 0.25) is 0 Å². The summed E-state index contributed by atoms with van der Waals surface area (Å²) < 4.78 is 0. The van der Waals surface area contributed by atoms with Crippen molar-refractivity contribution in [2.24, 2.45) is 0 Å². The van der Waals surface area contributed by atoms with Crippen molar-refractivity contribution in [3.63, 3.8) is 0 Å². The third-order valence-corrected chi connectivity index (χ3v) is 4.19. The van der Waals surface area contributed by atoms with E-state index in [0.717, 1.165) is 13.1 Å². The fourth-order valence-electron chi connectivity index (χ4n) is 2.17. The Morgan fingerprint density at radius 1 is 1.11 bits per heavy atom. The minimum atomic E-state index is 0.678. The Morgan fingerprint density at radius 3 is 2.56 bits per heavy atom. The Hall–Kier alpha value is -0.470. The first-order chi connectivity index (χ1) is 8.88. The van der Waals surface area contributed by atoms with E-state index in [4.69, 9.17) is 0 Å². The molecular weight excluding hydrogens is 238 g/mol. The van der Waals surface area contributed by atoms with Crippen molar-refractivity contribution < 1.29 is 0 Å². The monoisotopic (exact) mass is 265 g/mol. The molecule has 1 rings (SSSR count). The third kappa shape index (κ3) is 6.46. The van der Waals surface area contributed by atoms with Crippen molar-refractivity contribution in [1.82, 2.24) is 5.32 Å². The van der Waals surface area contributed by atoms with Crippen LogP contribution in [0.15, 0.2) is 30.3 Å². The number of benzene rings is 1. The Kier molecular flexibility index (Phi) is 9.05. The summed E-state index contributed by atoms with van der Waals surface area (Å²) in [5.74, 6) is 3.25. The first-order valence-corrected chi connectivity index (χ1v) is 8.37. The van der Waals surface area contributed by atoms with E-state index in [1.165, 1.54) is 36.3 Å². The molecule has 18 heavy (non-hydrogen) atoms. The summed E-state index contributed by atoms with van der Waals surface area (Å²) in [6, 6.07) is 10.9. The average Bonchev–Trinajstić information content (AvgIpc) is 2.43. The van der Waals surface area contributed by atoms with E-state index in [9.17, 15) is 0 Å². The molecule has 0 aliphatic heterocycles. The van der Waals surface area contributed by atoms with Gasteiger partial charge in [0.1, 0.15) is 0 Å². The molecule has 0 saturated carbocycles. The fraction of sp³-hybridized carbons (Fsp3) is 0.625. The molecule has 1 N–H and O–H groups in total. The molecule has 0 fully saturated rings. The van der Waals surface area contributed by atoms with Gasteiger partial charge in [0.2, 0.25) is 0 Å². The maximum absolute atomic E-state index is 3.49. The van der Waals surface area contributed by atoms with Crippen molar-refractivity contribution in [3.05, 3.63) is 35.9 Å². The molecule has 0 heterocycles. The van der Waals surface area contributed by atoms with E-state index >= 15 is 0 Å². The van der Waals surface area contributed by atoms with Crippen LogP contribution in [0.1, 0.15) is 44.6 Å². The van der Waals surface area contributed by atoms with Crippen LogP contribution in [0.3, 0.4) is 0 Å². The van der Waals surface area contributed by atoms with Crippen molar-refractivity contribution in [3.8, 4) is 0 Å². The zero-order valence-electron chi connectivity index (χ0n) is 11.8. The number of unbranched alkanes of at least 4 members (excludes halogenated alkanes) is 1. The highest BCUT2D eigenvalue weighted by molar-refractivity contribution is 7.99. The summed E-state index contributed by atoms with van der Waals surface area (Å²) in [4.78, 5) is 0. The van der Waals surface area contributed by atoms with Crippen LogP contribution in [0.25, 0.3) is 0 Å². The summed E-state index contributed by atoms with van der Waals surface area (Å²) in [5, 5.41) is 3.49. The van der Waals surface area contributed by atoms with Gasteiger partial charge in [-0.25, -0.2) is 0 Å².